The fraction of sp³-hybridized carbons (Fsp3) is 0.375. The van der Waals surface area contributed by atoms with Crippen LogP contribution in [-0.2, 0) is 9.59 Å². The van der Waals surface area contributed by atoms with Gasteiger partial charge in [-0.1, -0.05) is 52.0 Å². The fourth-order valence-electron chi connectivity index (χ4n) is 1.82. The number of carbonyl (C=O) groups is 2. The number of hydrogen-bond acceptors (Lipinski definition) is 4. The number of azo groups is 1. The first-order valence-electron chi connectivity index (χ1n) is 7.52. The Morgan fingerprint density at radius 3 is 2.30 bits per heavy atom. The monoisotopic (exact) mass is 315 g/mol. The molecule has 0 radical (unpaired) electrons. The van der Waals surface area contributed by atoms with E-state index in [1.807, 2.05) is 24.3 Å². The summed E-state index contributed by atoms with van der Waals surface area (Å²) in [5, 5.41) is 9.39. The lowest BCUT2D eigenvalue weighted by Gasteiger charge is -2.09. The zero-order valence-electron chi connectivity index (χ0n) is 13.7. The molecule has 0 atom stereocenters. The summed E-state index contributed by atoms with van der Waals surface area (Å²) in [6.07, 6.45) is 0. The summed E-state index contributed by atoms with van der Waals surface area (Å²) in [7, 11) is 0. The number of nitrogens with zero attached hydrogens (tertiary/aromatic N) is 2. The maximum Gasteiger partial charge on any atom is 0.267 e. The van der Waals surface area contributed by atoms with E-state index in [0.717, 1.165) is 10.8 Å². The minimum absolute atomic E-state index is 0.123. The second-order valence-corrected chi connectivity index (χ2v) is 5.86. The summed E-state index contributed by atoms with van der Waals surface area (Å²) in [5.74, 6) is 0.319. The molecule has 0 spiro atoms. The van der Waals surface area contributed by atoms with Crippen LogP contribution in [0, 0.1) is 11.8 Å². The molecule has 0 fully saturated rings. The van der Waals surface area contributed by atoms with Crippen LogP contribution < -0.4 is 10.9 Å². The summed E-state index contributed by atoms with van der Waals surface area (Å²) < 4.78 is 0. The molecule has 2 rings (SSSR count). The molecule has 122 valence electrons. The Morgan fingerprint density at radius 1 is 1.04 bits per heavy atom. The number of rotatable bonds is 5. The van der Waals surface area contributed by atoms with Gasteiger partial charge in [0.05, 0.1) is 0 Å². The van der Waals surface area contributed by atoms with Crippen LogP contribution in [0.4, 0.5) is 11.6 Å². The molecule has 23 heavy (non-hydrogen) atoms. The third kappa shape index (κ3) is 3.94. The van der Waals surface area contributed by atoms with E-state index in [0.29, 0.717) is 11.6 Å². The lowest BCUT2D eigenvalue weighted by Crippen LogP contribution is -2.32. The summed E-state index contributed by atoms with van der Waals surface area (Å²) in [6, 6.07) is 7.51. The molecule has 1 heterocycles. The van der Waals surface area contributed by atoms with E-state index >= 15 is 0 Å². The molecule has 0 saturated heterocycles. The van der Waals surface area contributed by atoms with Crippen LogP contribution in [-0.4, -0.2) is 16.8 Å². The summed E-state index contributed by atoms with van der Waals surface area (Å²) in [6.45, 7) is 7.15. The Hall–Kier alpha value is -2.70. The number of H-pyrrole nitrogens is 1. The first kappa shape index (κ1) is 16.7. The second-order valence-electron chi connectivity index (χ2n) is 5.86. The second kappa shape index (κ2) is 7.04. The van der Waals surface area contributed by atoms with Crippen molar-refractivity contribution >= 4 is 34.2 Å². The average molecular weight is 315 g/mol. The van der Waals surface area contributed by atoms with E-state index in [4.69, 9.17) is 0 Å². The van der Waals surface area contributed by atoms with E-state index in [1.165, 1.54) is 0 Å². The van der Waals surface area contributed by atoms with Crippen molar-refractivity contribution in [2.45, 2.75) is 27.7 Å². The number of carbonyl (C=O) groups excluding carboxylic acids is 2. The van der Waals surface area contributed by atoms with E-state index in [9.17, 15) is 9.59 Å². The molecule has 3 N–H and O–H groups in total. The predicted molar refractivity (Wildman–Crippen MR) is 89.3 cm³/mol. The Bertz CT molecular complexity index is 746. The smallest absolute Gasteiger partial charge is 0.267 e. The molecule has 1 aromatic heterocycles. The standard InChI is InChI=1S/C16H21N5O2/c1-9(2)15(22)20-18-13-11-7-5-6-8-12(11)14(17-13)19-21-16(23)10(3)4/h5-10,17-18H,1-4H3,(H,20,22). The summed E-state index contributed by atoms with van der Waals surface area (Å²) in [4.78, 5) is 26.3. The van der Waals surface area contributed by atoms with Gasteiger partial charge in [-0.15, -0.1) is 10.2 Å². The number of hydrazine groups is 1. The highest BCUT2D eigenvalue weighted by Crippen LogP contribution is 2.31. The van der Waals surface area contributed by atoms with Crippen molar-refractivity contribution in [1.29, 1.82) is 0 Å². The zero-order valence-corrected chi connectivity index (χ0v) is 13.7. The van der Waals surface area contributed by atoms with Crippen LogP contribution in [0.1, 0.15) is 27.7 Å². The van der Waals surface area contributed by atoms with Gasteiger partial charge in [-0.3, -0.25) is 20.4 Å². The Labute approximate surface area is 134 Å². The van der Waals surface area contributed by atoms with Crippen molar-refractivity contribution in [3.8, 4) is 0 Å². The minimum Gasteiger partial charge on any atom is -0.323 e. The van der Waals surface area contributed by atoms with Gasteiger partial charge < -0.3 is 4.98 Å². The number of benzene rings is 1. The molecule has 0 bridgehead atoms. The van der Waals surface area contributed by atoms with Crippen molar-refractivity contribution in [1.82, 2.24) is 10.4 Å². The highest BCUT2D eigenvalue weighted by atomic mass is 16.2. The van der Waals surface area contributed by atoms with Crippen molar-refractivity contribution < 1.29 is 9.59 Å². The molecule has 0 unspecified atom stereocenters. The van der Waals surface area contributed by atoms with Gasteiger partial charge in [0.2, 0.25) is 5.91 Å². The molecule has 0 saturated carbocycles. The summed E-state index contributed by atoms with van der Waals surface area (Å²) >= 11 is 0. The molecular weight excluding hydrogens is 294 g/mol. The number of aromatic nitrogens is 1. The number of fused-ring (bicyclic) bond motifs is 1. The van der Waals surface area contributed by atoms with E-state index in [1.54, 1.807) is 27.7 Å². The normalized spacial score (nSPS) is 11.6. The molecule has 0 aliphatic heterocycles. The molecule has 7 heteroatoms. The van der Waals surface area contributed by atoms with Gasteiger partial charge in [-0.2, -0.15) is 0 Å². The number of amides is 2. The van der Waals surface area contributed by atoms with E-state index in [2.05, 4.69) is 26.1 Å². The Morgan fingerprint density at radius 2 is 1.70 bits per heavy atom. The quantitative estimate of drug-likeness (QED) is 0.581. The van der Waals surface area contributed by atoms with Crippen LogP contribution in [0.15, 0.2) is 34.5 Å². The van der Waals surface area contributed by atoms with Gasteiger partial charge in [0.15, 0.2) is 5.82 Å². The first-order chi connectivity index (χ1) is 10.9. The van der Waals surface area contributed by atoms with Crippen LogP contribution in [0.3, 0.4) is 0 Å². The van der Waals surface area contributed by atoms with Crippen LogP contribution in [0.5, 0.6) is 0 Å². The van der Waals surface area contributed by atoms with Crippen LogP contribution >= 0.6 is 0 Å². The van der Waals surface area contributed by atoms with Gasteiger partial charge in [-0.05, 0) is 0 Å². The fourth-order valence-corrected chi connectivity index (χ4v) is 1.82. The van der Waals surface area contributed by atoms with Gasteiger partial charge in [-0.25, -0.2) is 0 Å². The Balaban J connectivity index is 2.29. The van der Waals surface area contributed by atoms with Gasteiger partial charge in [0.1, 0.15) is 5.82 Å². The molecule has 2 amide bonds. The maximum atomic E-state index is 11.7. The van der Waals surface area contributed by atoms with Crippen molar-refractivity contribution in [3.63, 3.8) is 0 Å². The van der Waals surface area contributed by atoms with Gasteiger partial charge in [0.25, 0.3) is 5.91 Å². The average Bonchev–Trinajstić information content (AvgIpc) is 2.88. The van der Waals surface area contributed by atoms with Gasteiger partial charge >= 0.3 is 0 Å². The number of nitrogens with one attached hydrogen (secondary N) is 3. The SMILES string of the molecule is CC(C)C(=O)N=Nc1[nH]c(NNC(=O)C(C)C)c2ccccc12. The summed E-state index contributed by atoms with van der Waals surface area (Å²) in [5.41, 5.74) is 5.49. The Kier molecular flexibility index (Phi) is 5.10. The van der Waals surface area contributed by atoms with E-state index in [-0.39, 0.29) is 23.7 Å². The third-order valence-corrected chi connectivity index (χ3v) is 3.27. The van der Waals surface area contributed by atoms with Crippen LogP contribution in [0.25, 0.3) is 10.8 Å². The zero-order chi connectivity index (χ0) is 17.0. The van der Waals surface area contributed by atoms with Crippen molar-refractivity contribution in [2.75, 3.05) is 5.43 Å². The lowest BCUT2D eigenvalue weighted by molar-refractivity contribution is -0.123. The van der Waals surface area contributed by atoms with Crippen LogP contribution in [0.2, 0.25) is 0 Å². The molecule has 0 aliphatic carbocycles. The molecule has 0 aliphatic rings. The van der Waals surface area contributed by atoms with E-state index < -0.39 is 0 Å². The third-order valence-electron chi connectivity index (χ3n) is 3.27. The molecule has 1 aromatic carbocycles. The molecule has 7 nitrogen and oxygen atoms in total. The van der Waals surface area contributed by atoms with Crippen molar-refractivity contribution in [2.24, 2.45) is 22.1 Å². The van der Waals surface area contributed by atoms with Crippen molar-refractivity contribution in [3.05, 3.63) is 24.3 Å². The minimum atomic E-state index is -0.286. The van der Waals surface area contributed by atoms with Gasteiger partial charge in [0, 0.05) is 22.6 Å². The molecule has 2 aromatic rings. The number of aromatic amines is 1. The topological polar surface area (TPSA) is 98.7 Å². The predicted octanol–water partition coefficient (Wildman–Crippen LogP) is 3.53. The highest BCUT2D eigenvalue weighted by Gasteiger charge is 2.12. The number of hydrogen-bond donors (Lipinski definition) is 3. The first-order valence-corrected chi connectivity index (χ1v) is 7.52. The molecular formula is C16H21N5O2. The largest absolute Gasteiger partial charge is 0.323 e. The number of anilines is 1. The lowest BCUT2D eigenvalue weighted by atomic mass is 10.2. The highest BCUT2D eigenvalue weighted by molar-refractivity contribution is 6.00. The maximum absolute atomic E-state index is 11.7.